The van der Waals surface area contributed by atoms with Gasteiger partial charge in [0.1, 0.15) is 0 Å². The molecule has 0 aromatic rings. The number of hydrogen-bond acceptors (Lipinski definition) is 4. The lowest BCUT2D eigenvalue weighted by Crippen LogP contribution is -2.46. The van der Waals surface area contributed by atoms with Crippen LogP contribution >= 0.6 is 0 Å². The van der Waals surface area contributed by atoms with E-state index in [0.717, 1.165) is 25.7 Å². The smallest absolute Gasteiger partial charge is 0.333 e. The zero-order valence-corrected chi connectivity index (χ0v) is 16.8. The third-order valence-corrected chi connectivity index (χ3v) is 4.93. The maximum Gasteiger partial charge on any atom is 0.333 e. The summed E-state index contributed by atoms with van der Waals surface area (Å²) in [5, 5.41) is 2.78. The van der Waals surface area contributed by atoms with E-state index in [1.54, 1.807) is 31.9 Å². The molecule has 0 aromatic carbocycles. The molecule has 1 N–H and O–H groups in total. The van der Waals surface area contributed by atoms with Gasteiger partial charge in [-0.25, -0.2) is 4.79 Å². The van der Waals surface area contributed by atoms with Crippen molar-refractivity contribution in [1.82, 2.24) is 10.2 Å². The van der Waals surface area contributed by atoms with Crippen LogP contribution in [0.4, 0.5) is 0 Å². The van der Waals surface area contributed by atoms with Crippen molar-refractivity contribution in [3.63, 3.8) is 0 Å². The Bertz CT molecular complexity index is 522. The molecule has 0 bridgehead atoms. The van der Waals surface area contributed by atoms with Gasteiger partial charge in [-0.3, -0.25) is 9.59 Å². The summed E-state index contributed by atoms with van der Waals surface area (Å²) in [6.07, 6.45) is 6.94. The van der Waals surface area contributed by atoms with Gasteiger partial charge >= 0.3 is 5.97 Å². The van der Waals surface area contributed by atoms with E-state index in [4.69, 9.17) is 4.74 Å². The molecule has 6 nitrogen and oxygen atoms in total. The summed E-state index contributed by atoms with van der Waals surface area (Å²) < 4.78 is 5.00. The first-order valence-electron chi connectivity index (χ1n) is 9.66. The average Bonchev–Trinajstić information content (AvgIpc) is 2.63. The van der Waals surface area contributed by atoms with Crippen molar-refractivity contribution >= 4 is 17.8 Å². The van der Waals surface area contributed by atoms with Crippen molar-refractivity contribution in [2.24, 2.45) is 11.8 Å². The van der Waals surface area contributed by atoms with Crippen molar-refractivity contribution in [3.05, 3.63) is 11.6 Å². The first kappa shape index (κ1) is 22.2. The Hall–Kier alpha value is -1.85. The third kappa shape index (κ3) is 6.81. The van der Waals surface area contributed by atoms with E-state index in [-0.39, 0.29) is 42.2 Å². The van der Waals surface area contributed by atoms with E-state index in [0.29, 0.717) is 12.2 Å². The van der Waals surface area contributed by atoms with Gasteiger partial charge < -0.3 is 15.0 Å². The fourth-order valence-electron chi connectivity index (χ4n) is 3.28. The molecule has 148 valence electrons. The molecule has 0 aromatic heterocycles. The minimum Gasteiger partial charge on any atom is -0.463 e. The van der Waals surface area contributed by atoms with Gasteiger partial charge in [-0.05, 0) is 32.6 Å². The van der Waals surface area contributed by atoms with Crippen LogP contribution in [0.5, 0.6) is 0 Å². The Morgan fingerprint density at radius 2 is 1.81 bits per heavy atom. The largest absolute Gasteiger partial charge is 0.463 e. The van der Waals surface area contributed by atoms with E-state index in [9.17, 15) is 14.4 Å². The van der Waals surface area contributed by atoms with E-state index in [2.05, 4.69) is 5.32 Å². The topological polar surface area (TPSA) is 75.7 Å². The molecule has 1 atom stereocenters. The van der Waals surface area contributed by atoms with Crippen LogP contribution < -0.4 is 5.32 Å². The Kier molecular flexibility index (Phi) is 9.38. The normalized spacial score (nSPS) is 16.9. The highest BCUT2D eigenvalue weighted by molar-refractivity contribution is 5.88. The Morgan fingerprint density at radius 3 is 2.35 bits per heavy atom. The van der Waals surface area contributed by atoms with Crippen LogP contribution in [-0.4, -0.2) is 48.9 Å². The van der Waals surface area contributed by atoms with Crippen molar-refractivity contribution in [2.45, 2.75) is 65.8 Å². The van der Waals surface area contributed by atoms with Crippen LogP contribution in [-0.2, 0) is 19.1 Å². The lowest BCUT2D eigenvalue weighted by molar-refractivity contribution is -0.138. The summed E-state index contributed by atoms with van der Waals surface area (Å²) in [5.74, 6) is -0.396. The zero-order valence-electron chi connectivity index (χ0n) is 16.8. The molecule has 1 aliphatic carbocycles. The monoisotopic (exact) mass is 366 g/mol. The molecule has 1 aliphatic rings. The van der Waals surface area contributed by atoms with Crippen molar-refractivity contribution in [1.29, 1.82) is 0 Å². The molecule has 26 heavy (non-hydrogen) atoms. The summed E-state index contributed by atoms with van der Waals surface area (Å²) in [6.45, 7) is 7.74. The Morgan fingerprint density at radius 1 is 1.19 bits per heavy atom. The molecule has 1 saturated carbocycles. The minimum atomic E-state index is -0.371. The second-order valence-corrected chi connectivity index (χ2v) is 7.36. The Labute approximate surface area is 157 Å². The van der Waals surface area contributed by atoms with Crippen LogP contribution in [0.1, 0.15) is 59.8 Å². The molecule has 1 rings (SSSR count). The van der Waals surface area contributed by atoms with Crippen LogP contribution in [0.15, 0.2) is 11.6 Å². The lowest BCUT2D eigenvalue weighted by atomic mass is 9.89. The maximum atomic E-state index is 12.5. The summed E-state index contributed by atoms with van der Waals surface area (Å²) in [6, 6.07) is -0.238. The van der Waals surface area contributed by atoms with Crippen LogP contribution in [0.3, 0.4) is 0 Å². The minimum absolute atomic E-state index is 0.0126. The van der Waals surface area contributed by atoms with Crippen LogP contribution in [0.25, 0.3) is 0 Å². The van der Waals surface area contributed by atoms with Crippen molar-refractivity contribution in [2.75, 3.05) is 20.2 Å². The maximum absolute atomic E-state index is 12.5. The molecule has 0 unspecified atom stereocenters. The fraction of sp³-hybridized carbons (Fsp3) is 0.750. The van der Waals surface area contributed by atoms with E-state index in [1.807, 2.05) is 13.8 Å². The molecule has 2 amide bonds. The first-order valence-corrected chi connectivity index (χ1v) is 9.66. The van der Waals surface area contributed by atoms with Crippen LogP contribution in [0, 0.1) is 11.8 Å². The summed E-state index contributed by atoms with van der Waals surface area (Å²) in [4.78, 5) is 38.2. The van der Waals surface area contributed by atoms with Gasteiger partial charge in [0.15, 0.2) is 0 Å². The van der Waals surface area contributed by atoms with E-state index < -0.39 is 0 Å². The number of esters is 1. The van der Waals surface area contributed by atoms with E-state index in [1.165, 1.54) is 6.42 Å². The van der Waals surface area contributed by atoms with Crippen LogP contribution in [0.2, 0.25) is 0 Å². The number of amides is 2. The number of hydrogen-bond donors (Lipinski definition) is 1. The van der Waals surface area contributed by atoms with Gasteiger partial charge in [0, 0.05) is 18.5 Å². The second kappa shape index (κ2) is 11.0. The lowest BCUT2D eigenvalue weighted by Gasteiger charge is -2.30. The molecule has 0 aliphatic heterocycles. The molecular formula is C20H34N2O4. The van der Waals surface area contributed by atoms with Crippen molar-refractivity contribution in [3.8, 4) is 0 Å². The molecule has 1 fully saturated rings. The Balaban J connectivity index is 2.65. The van der Waals surface area contributed by atoms with Gasteiger partial charge in [0.25, 0.3) is 0 Å². The quantitative estimate of drug-likeness (QED) is 0.529. The highest BCUT2D eigenvalue weighted by Crippen LogP contribution is 2.23. The number of likely N-dealkylation sites (N-methyl/N-ethyl adjacent to an activating group) is 1. The molecule has 6 heteroatoms. The fourth-order valence-corrected chi connectivity index (χ4v) is 3.28. The number of nitrogens with zero attached hydrogens (tertiary/aromatic N) is 1. The summed E-state index contributed by atoms with van der Waals surface area (Å²) in [7, 11) is 1.70. The predicted octanol–water partition coefficient (Wildman–Crippen LogP) is 2.68. The highest BCUT2D eigenvalue weighted by atomic mass is 16.5. The first-order chi connectivity index (χ1) is 12.3. The summed E-state index contributed by atoms with van der Waals surface area (Å²) in [5.41, 5.74) is 0.483. The molecule has 0 radical (unpaired) electrons. The zero-order chi connectivity index (χ0) is 19.7. The van der Waals surface area contributed by atoms with E-state index >= 15 is 0 Å². The van der Waals surface area contributed by atoms with Gasteiger partial charge in [0.2, 0.25) is 11.8 Å². The highest BCUT2D eigenvalue weighted by Gasteiger charge is 2.25. The number of carbonyl (C=O) groups is 3. The van der Waals surface area contributed by atoms with Crippen molar-refractivity contribution < 1.29 is 19.1 Å². The number of nitrogens with one attached hydrogen (secondary N) is 1. The second-order valence-electron chi connectivity index (χ2n) is 7.36. The molecule has 0 saturated heterocycles. The number of rotatable bonds is 8. The average molecular weight is 367 g/mol. The SMILES string of the molecule is CCOC(=O)C(C)=C[C@H](C(C)C)N(C)C(=O)CNC(=O)C1CCCCC1. The summed E-state index contributed by atoms with van der Waals surface area (Å²) >= 11 is 0. The van der Waals surface area contributed by atoms with Gasteiger partial charge in [0.05, 0.1) is 19.2 Å². The number of ether oxygens (including phenoxy) is 1. The standard InChI is InChI=1S/C20H34N2O4/c1-6-26-20(25)15(4)12-17(14(2)3)22(5)18(23)13-21-19(24)16-10-8-7-9-11-16/h12,14,16-17H,6-11,13H2,1-5H3,(H,21,24)/t17-/m1/s1. The third-order valence-electron chi connectivity index (χ3n) is 4.93. The van der Waals surface area contributed by atoms with Gasteiger partial charge in [-0.1, -0.05) is 39.2 Å². The number of carbonyl (C=O) groups excluding carboxylic acids is 3. The molecule has 0 spiro atoms. The molecular weight excluding hydrogens is 332 g/mol. The molecule has 0 heterocycles. The van der Waals surface area contributed by atoms with Gasteiger partial charge in [-0.2, -0.15) is 0 Å². The van der Waals surface area contributed by atoms with Gasteiger partial charge in [-0.15, -0.1) is 0 Å². The predicted molar refractivity (Wildman–Crippen MR) is 101 cm³/mol.